The molecule has 1 unspecified atom stereocenters. The Kier molecular flexibility index (Phi) is 7.37. The van der Waals surface area contributed by atoms with Crippen LogP contribution in [0.2, 0.25) is 0 Å². The van der Waals surface area contributed by atoms with Crippen molar-refractivity contribution in [2.45, 2.75) is 17.9 Å². The maximum atomic E-state index is 13.3. The van der Waals surface area contributed by atoms with Crippen molar-refractivity contribution in [2.24, 2.45) is 0 Å². The Morgan fingerprint density at radius 2 is 1.71 bits per heavy atom. The minimum Gasteiger partial charge on any atom is -0.387 e. The van der Waals surface area contributed by atoms with E-state index in [1.807, 2.05) is 11.8 Å². The largest absolute Gasteiger partial charge is 0.387 e. The van der Waals surface area contributed by atoms with Gasteiger partial charge in [0.1, 0.15) is 0 Å². The molecule has 1 atom stereocenters. The van der Waals surface area contributed by atoms with Crippen LogP contribution >= 0.6 is 0 Å². The molecule has 0 saturated carbocycles. The molecule has 1 heterocycles. The highest BCUT2D eigenvalue weighted by Gasteiger charge is 2.29. The Balaban J connectivity index is 1.46. The molecule has 1 aliphatic rings. The van der Waals surface area contributed by atoms with Gasteiger partial charge in [-0.1, -0.05) is 23.8 Å². The molecule has 31 heavy (non-hydrogen) atoms. The smallest absolute Gasteiger partial charge is 0.243 e. The Hall–Kier alpha value is -2.40. The first kappa shape index (κ1) is 23.3. The molecule has 2 aromatic carbocycles. The lowest BCUT2D eigenvalue weighted by Crippen LogP contribution is -2.51. The second-order valence-electron chi connectivity index (χ2n) is 7.49. The van der Waals surface area contributed by atoms with E-state index in [-0.39, 0.29) is 42.5 Å². The van der Waals surface area contributed by atoms with E-state index in [2.05, 4.69) is 5.32 Å². The summed E-state index contributed by atoms with van der Waals surface area (Å²) >= 11 is 0. The van der Waals surface area contributed by atoms with E-state index < -0.39 is 27.8 Å². The minimum atomic E-state index is -3.57. The fourth-order valence-electron chi connectivity index (χ4n) is 3.29. The van der Waals surface area contributed by atoms with Gasteiger partial charge >= 0.3 is 0 Å². The van der Waals surface area contributed by atoms with Crippen LogP contribution in [0.4, 0.5) is 8.78 Å². The summed E-state index contributed by atoms with van der Waals surface area (Å²) in [4.78, 5) is 14.2. The molecule has 1 amide bonds. The number of carbonyl (C=O) groups is 1. The number of aliphatic hydroxyl groups is 1. The summed E-state index contributed by atoms with van der Waals surface area (Å²) in [5.41, 5.74) is 1.14. The third-order valence-electron chi connectivity index (χ3n) is 5.18. The number of sulfonamides is 1. The fourth-order valence-corrected chi connectivity index (χ4v) is 4.72. The zero-order valence-corrected chi connectivity index (χ0v) is 17.9. The minimum absolute atomic E-state index is 0.0446. The second kappa shape index (κ2) is 9.82. The SMILES string of the molecule is Cc1ccc(S(=O)(=O)N2CCN(CC(=O)NCC(O)c3ccc(F)c(F)c3)CC2)cc1. The number of piperazine rings is 1. The Morgan fingerprint density at radius 1 is 1.06 bits per heavy atom. The molecule has 0 bridgehead atoms. The molecule has 1 aliphatic heterocycles. The van der Waals surface area contributed by atoms with E-state index in [1.54, 1.807) is 24.3 Å². The number of hydrogen-bond acceptors (Lipinski definition) is 5. The number of benzene rings is 2. The van der Waals surface area contributed by atoms with Crippen molar-refractivity contribution >= 4 is 15.9 Å². The van der Waals surface area contributed by atoms with Crippen molar-refractivity contribution in [3.05, 3.63) is 65.2 Å². The number of carbonyl (C=O) groups excluding carboxylic acids is 1. The van der Waals surface area contributed by atoms with Gasteiger partial charge in [-0.2, -0.15) is 4.31 Å². The van der Waals surface area contributed by atoms with Crippen LogP contribution in [-0.2, 0) is 14.8 Å². The molecule has 0 aliphatic carbocycles. The molecular weight excluding hydrogens is 428 g/mol. The van der Waals surface area contributed by atoms with Crippen molar-refractivity contribution in [1.82, 2.24) is 14.5 Å². The maximum Gasteiger partial charge on any atom is 0.243 e. The third kappa shape index (κ3) is 5.85. The molecule has 2 N–H and O–H groups in total. The van der Waals surface area contributed by atoms with Gasteiger partial charge in [-0.3, -0.25) is 9.69 Å². The summed E-state index contributed by atoms with van der Waals surface area (Å²) in [6.07, 6.45) is -1.17. The van der Waals surface area contributed by atoms with Gasteiger partial charge in [0.05, 0.1) is 17.5 Å². The van der Waals surface area contributed by atoms with Crippen molar-refractivity contribution in [1.29, 1.82) is 0 Å². The first-order chi connectivity index (χ1) is 14.7. The summed E-state index contributed by atoms with van der Waals surface area (Å²) in [5, 5.41) is 12.6. The van der Waals surface area contributed by atoms with Gasteiger partial charge in [0.2, 0.25) is 15.9 Å². The number of nitrogens with zero attached hydrogens (tertiary/aromatic N) is 2. The zero-order chi connectivity index (χ0) is 22.6. The molecule has 168 valence electrons. The van der Waals surface area contributed by atoms with Crippen molar-refractivity contribution in [3.8, 4) is 0 Å². The Morgan fingerprint density at radius 3 is 2.32 bits per heavy atom. The molecule has 0 spiro atoms. The van der Waals surface area contributed by atoms with Crippen LogP contribution in [0.1, 0.15) is 17.2 Å². The lowest BCUT2D eigenvalue weighted by Gasteiger charge is -2.33. The zero-order valence-electron chi connectivity index (χ0n) is 17.1. The standard InChI is InChI=1S/C21H25F2N3O4S/c1-15-2-5-17(6-3-15)31(29,30)26-10-8-25(9-11-26)14-21(28)24-13-20(27)16-4-7-18(22)19(23)12-16/h2-7,12,20,27H,8-11,13-14H2,1H3,(H,24,28). The summed E-state index contributed by atoms with van der Waals surface area (Å²) in [6, 6.07) is 9.73. The van der Waals surface area contributed by atoms with E-state index >= 15 is 0 Å². The number of aryl methyl sites for hydroxylation is 1. The Labute approximate surface area is 180 Å². The van der Waals surface area contributed by atoms with Gasteiger partial charge in [0, 0.05) is 32.7 Å². The van der Waals surface area contributed by atoms with Crippen LogP contribution in [0.25, 0.3) is 0 Å². The quantitative estimate of drug-likeness (QED) is 0.662. The first-order valence-electron chi connectivity index (χ1n) is 9.85. The van der Waals surface area contributed by atoms with Crippen molar-refractivity contribution in [2.75, 3.05) is 39.3 Å². The summed E-state index contributed by atoms with van der Waals surface area (Å²) < 4.78 is 53.1. The van der Waals surface area contributed by atoms with Crippen LogP contribution in [0.15, 0.2) is 47.4 Å². The number of hydrogen-bond donors (Lipinski definition) is 2. The van der Waals surface area contributed by atoms with Gasteiger partial charge < -0.3 is 10.4 Å². The predicted octanol–water partition coefficient (Wildman–Crippen LogP) is 1.43. The van der Waals surface area contributed by atoms with Crippen LogP contribution in [0.5, 0.6) is 0 Å². The number of halogens is 2. The normalized spacial score (nSPS) is 16.8. The molecule has 2 aromatic rings. The van der Waals surface area contributed by atoms with Gasteiger partial charge in [0.25, 0.3) is 0 Å². The third-order valence-corrected chi connectivity index (χ3v) is 7.09. The van der Waals surface area contributed by atoms with E-state index in [1.165, 1.54) is 10.4 Å². The molecule has 1 saturated heterocycles. The molecular formula is C21H25F2N3O4S. The van der Waals surface area contributed by atoms with E-state index in [4.69, 9.17) is 0 Å². The first-order valence-corrected chi connectivity index (χ1v) is 11.3. The second-order valence-corrected chi connectivity index (χ2v) is 9.42. The lowest BCUT2D eigenvalue weighted by molar-refractivity contribution is -0.123. The van der Waals surface area contributed by atoms with E-state index in [0.717, 1.165) is 17.7 Å². The van der Waals surface area contributed by atoms with E-state index in [0.29, 0.717) is 13.1 Å². The average Bonchev–Trinajstić information content (AvgIpc) is 2.74. The molecule has 1 fully saturated rings. The molecule has 10 heteroatoms. The highest BCUT2D eigenvalue weighted by atomic mass is 32.2. The number of rotatable bonds is 7. The monoisotopic (exact) mass is 453 g/mol. The van der Waals surface area contributed by atoms with Crippen LogP contribution < -0.4 is 5.32 Å². The molecule has 0 aromatic heterocycles. The summed E-state index contributed by atoms with van der Waals surface area (Å²) in [5.74, 6) is -2.43. The van der Waals surface area contributed by atoms with Gasteiger partial charge in [0.15, 0.2) is 11.6 Å². The fraction of sp³-hybridized carbons (Fsp3) is 0.381. The lowest BCUT2D eigenvalue weighted by atomic mass is 10.1. The van der Waals surface area contributed by atoms with Crippen molar-refractivity contribution < 1.29 is 27.1 Å². The summed E-state index contributed by atoms with van der Waals surface area (Å²) in [6.45, 7) is 3.10. The highest BCUT2D eigenvalue weighted by Crippen LogP contribution is 2.18. The Bertz CT molecular complexity index is 1020. The number of aliphatic hydroxyl groups excluding tert-OH is 1. The van der Waals surface area contributed by atoms with Crippen molar-refractivity contribution in [3.63, 3.8) is 0 Å². The highest BCUT2D eigenvalue weighted by molar-refractivity contribution is 7.89. The number of amides is 1. The van der Waals surface area contributed by atoms with Crippen LogP contribution in [0, 0.1) is 18.6 Å². The number of nitrogens with one attached hydrogen (secondary N) is 1. The molecule has 3 rings (SSSR count). The molecule has 0 radical (unpaired) electrons. The van der Waals surface area contributed by atoms with Gasteiger partial charge in [-0.25, -0.2) is 17.2 Å². The van der Waals surface area contributed by atoms with E-state index in [9.17, 15) is 27.1 Å². The van der Waals surface area contributed by atoms with Gasteiger partial charge in [-0.15, -0.1) is 0 Å². The van der Waals surface area contributed by atoms with Gasteiger partial charge in [-0.05, 0) is 36.8 Å². The van der Waals surface area contributed by atoms with Crippen LogP contribution in [-0.4, -0.2) is 67.9 Å². The summed E-state index contributed by atoms with van der Waals surface area (Å²) in [7, 11) is -3.57. The topological polar surface area (TPSA) is 90.0 Å². The van der Waals surface area contributed by atoms with Crippen LogP contribution in [0.3, 0.4) is 0 Å². The molecule has 7 nitrogen and oxygen atoms in total. The maximum absolute atomic E-state index is 13.3. The average molecular weight is 454 g/mol. The predicted molar refractivity (Wildman–Crippen MR) is 111 cm³/mol.